The lowest BCUT2D eigenvalue weighted by atomic mass is 10.3. The van der Waals surface area contributed by atoms with Crippen molar-refractivity contribution in [1.82, 2.24) is 4.98 Å². The van der Waals surface area contributed by atoms with Gasteiger partial charge in [-0.2, -0.15) is 0 Å². The highest BCUT2D eigenvalue weighted by Gasteiger charge is 2.11. The zero-order valence-corrected chi connectivity index (χ0v) is 15.2. The Hall–Kier alpha value is -3.91. The van der Waals surface area contributed by atoms with E-state index in [4.69, 9.17) is 23.8 Å². The van der Waals surface area contributed by atoms with Crippen molar-refractivity contribution in [2.45, 2.75) is 13.8 Å². The third-order valence-electron chi connectivity index (χ3n) is 3.19. The molecule has 10 heteroatoms. The first-order valence-electron chi connectivity index (χ1n) is 8.29. The molecule has 0 aliphatic carbocycles. The van der Waals surface area contributed by atoms with Crippen molar-refractivity contribution in [3.05, 3.63) is 64.4 Å². The summed E-state index contributed by atoms with van der Waals surface area (Å²) in [7, 11) is 0. The highest BCUT2D eigenvalue weighted by atomic mass is 16.5. The molecule has 0 aliphatic heterocycles. The predicted octanol–water partition coefficient (Wildman–Crippen LogP) is 4.43. The van der Waals surface area contributed by atoms with Crippen LogP contribution in [0.15, 0.2) is 56.4 Å². The monoisotopic (exact) mass is 386 g/mol. The van der Waals surface area contributed by atoms with Crippen LogP contribution in [0.25, 0.3) is 27.6 Å². The molecule has 3 aromatic heterocycles. The minimum atomic E-state index is -0.674. The number of furan rings is 2. The molecule has 0 saturated carbocycles. The molecule has 3 heterocycles. The number of fused-ring (bicyclic) bond motifs is 1. The van der Waals surface area contributed by atoms with Gasteiger partial charge in [-0.25, -0.2) is 9.59 Å². The van der Waals surface area contributed by atoms with Crippen LogP contribution in [0.1, 0.15) is 30.1 Å². The summed E-state index contributed by atoms with van der Waals surface area (Å²) < 4.78 is 19.6. The van der Waals surface area contributed by atoms with Gasteiger partial charge in [-0.3, -0.25) is 0 Å². The minimum Gasteiger partial charge on any atom is -0.465 e. The second kappa shape index (κ2) is 10.3. The van der Waals surface area contributed by atoms with Crippen molar-refractivity contribution >= 4 is 29.1 Å². The molecule has 3 rings (SSSR count). The van der Waals surface area contributed by atoms with Gasteiger partial charge in [-0.15, -0.1) is 0 Å². The number of H-pyrrole nitrogens is 1. The van der Waals surface area contributed by atoms with E-state index >= 15 is 0 Å². The summed E-state index contributed by atoms with van der Waals surface area (Å²) in [5.41, 5.74) is 10.0. The standard InChI is InChI=1S/C9H9N3O3.C9H9NO3/c1-2-14-9(13)8(11-12-10)6-7-4-3-5-15-7;1-2-12-9(11)7-5-8-6(10-7)3-4-13-8/h3-6H,2H2,1H3;3-5,10H,2H2,1H3. The summed E-state index contributed by atoms with van der Waals surface area (Å²) in [6.45, 7) is 4.03. The predicted molar refractivity (Wildman–Crippen MR) is 99.0 cm³/mol. The molecule has 1 N–H and O–H groups in total. The number of aromatic amines is 1. The number of aromatic nitrogens is 1. The van der Waals surface area contributed by atoms with Gasteiger partial charge in [0.2, 0.25) is 0 Å². The fourth-order valence-corrected chi connectivity index (χ4v) is 2.06. The van der Waals surface area contributed by atoms with Gasteiger partial charge < -0.3 is 23.3 Å². The van der Waals surface area contributed by atoms with Crippen molar-refractivity contribution < 1.29 is 27.9 Å². The van der Waals surface area contributed by atoms with Crippen molar-refractivity contribution in [2.24, 2.45) is 5.11 Å². The summed E-state index contributed by atoms with van der Waals surface area (Å²) in [6.07, 6.45) is 4.33. The zero-order valence-electron chi connectivity index (χ0n) is 15.2. The highest BCUT2D eigenvalue weighted by molar-refractivity contribution is 5.93. The van der Waals surface area contributed by atoms with Gasteiger partial charge in [0.1, 0.15) is 17.2 Å². The first kappa shape index (κ1) is 20.4. The molecule has 0 radical (unpaired) electrons. The summed E-state index contributed by atoms with van der Waals surface area (Å²) >= 11 is 0. The first-order chi connectivity index (χ1) is 13.6. The average Bonchev–Trinajstić information content (AvgIpc) is 3.40. The van der Waals surface area contributed by atoms with Crippen LogP contribution in [0.2, 0.25) is 0 Å². The maximum absolute atomic E-state index is 11.3. The van der Waals surface area contributed by atoms with Crippen LogP contribution >= 0.6 is 0 Å². The van der Waals surface area contributed by atoms with Gasteiger partial charge in [0.25, 0.3) is 0 Å². The lowest BCUT2D eigenvalue weighted by molar-refractivity contribution is -0.138. The van der Waals surface area contributed by atoms with Gasteiger partial charge >= 0.3 is 11.9 Å². The number of ether oxygens (including phenoxy) is 2. The normalized spacial score (nSPS) is 10.6. The van der Waals surface area contributed by atoms with Crippen LogP contribution in [0, 0.1) is 0 Å². The second-order valence-corrected chi connectivity index (χ2v) is 5.06. The Morgan fingerprint density at radius 3 is 2.61 bits per heavy atom. The summed E-state index contributed by atoms with van der Waals surface area (Å²) in [4.78, 5) is 27.9. The number of azide groups is 1. The Morgan fingerprint density at radius 1 is 1.21 bits per heavy atom. The summed E-state index contributed by atoms with van der Waals surface area (Å²) in [5, 5.41) is 3.22. The van der Waals surface area contributed by atoms with Crippen LogP contribution in [-0.4, -0.2) is 30.1 Å². The van der Waals surface area contributed by atoms with Crippen LogP contribution in [0.4, 0.5) is 0 Å². The molecule has 0 bridgehead atoms. The van der Waals surface area contributed by atoms with E-state index < -0.39 is 5.97 Å². The molecule has 0 unspecified atom stereocenters. The SMILES string of the molecule is CCOC(=O)C(=Cc1ccco1)N=[N+]=[N-].CCOC(=O)c1cc2occc2[nH]1. The Morgan fingerprint density at radius 2 is 2.00 bits per heavy atom. The molecule has 146 valence electrons. The van der Waals surface area contributed by atoms with Gasteiger partial charge in [0.15, 0.2) is 5.58 Å². The van der Waals surface area contributed by atoms with Crippen LogP contribution in [0.5, 0.6) is 0 Å². The smallest absolute Gasteiger partial charge is 0.354 e. The quantitative estimate of drug-likeness (QED) is 0.218. The van der Waals surface area contributed by atoms with Crippen molar-refractivity contribution in [2.75, 3.05) is 13.2 Å². The van der Waals surface area contributed by atoms with E-state index in [0.29, 0.717) is 23.6 Å². The Labute approximate surface area is 159 Å². The zero-order chi connectivity index (χ0) is 20.4. The van der Waals surface area contributed by atoms with Gasteiger partial charge in [0.05, 0.1) is 31.3 Å². The maximum Gasteiger partial charge on any atom is 0.354 e. The number of hydrogen-bond acceptors (Lipinski definition) is 7. The number of rotatable bonds is 6. The third-order valence-corrected chi connectivity index (χ3v) is 3.19. The van der Waals surface area contributed by atoms with Gasteiger partial charge in [-0.05, 0) is 37.6 Å². The number of carbonyl (C=O) groups is 2. The molecule has 3 aromatic rings. The molecule has 0 saturated heterocycles. The molecule has 0 fully saturated rings. The minimum absolute atomic E-state index is 0.130. The van der Waals surface area contributed by atoms with Crippen molar-refractivity contribution in [1.29, 1.82) is 0 Å². The van der Waals surface area contributed by atoms with E-state index in [1.165, 1.54) is 12.3 Å². The van der Waals surface area contributed by atoms with Gasteiger partial charge in [0, 0.05) is 17.0 Å². The van der Waals surface area contributed by atoms with Crippen LogP contribution < -0.4 is 0 Å². The fraction of sp³-hybridized carbons (Fsp3) is 0.222. The van der Waals surface area contributed by atoms with E-state index in [1.807, 2.05) is 0 Å². The topological polar surface area (TPSA) is 143 Å². The molecule has 0 atom stereocenters. The number of carbonyl (C=O) groups excluding carboxylic acids is 2. The maximum atomic E-state index is 11.3. The Bertz CT molecular complexity index is 964. The Kier molecular flexibility index (Phi) is 7.50. The molecule has 0 spiro atoms. The van der Waals surface area contributed by atoms with E-state index in [0.717, 1.165) is 5.52 Å². The van der Waals surface area contributed by atoms with Crippen LogP contribution in [0.3, 0.4) is 0 Å². The summed E-state index contributed by atoms with van der Waals surface area (Å²) in [6, 6.07) is 6.68. The molecule has 0 amide bonds. The lowest BCUT2D eigenvalue weighted by Gasteiger charge is -1.99. The van der Waals surface area contributed by atoms with E-state index in [-0.39, 0.29) is 18.3 Å². The largest absolute Gasteiger partial charge is 0.465 e. The number of hydrogen-bond donors (Lipinski definition) is 1. The highest BCUT2D eigenvalue weighted by Crippen LogP contribution is 2.16. The van der Waals surface area contributed by atoms with E-state index in [2.05, 4.69) is 15.0 Å². The number of nitrogens with one attached hydrogen (secondary N) is 1. The molecular weight excluding hydrogens is 368 g/mol. The van der Waals surface area contributed by atoms with Crippen LogP contribution in [-0.2, 0) is 14.3 Å². The van der Waals surface area contributed by atoms with Crippen molar-refractivity contribution in [3.63, 3.8) is 0 Å². The van der Waals surface area contributed by atoms with Gasteiger partial charge in [-0.1, -0.05) is 5.11 Å². The third kappa shape index (κ3) is 5.55. The van der Waals surface area contributed by atoms with E-state index in [9.17, 15) is 9.59 Å². The molecule has 28 heavy (non-hydrogen) atoms. The van der Waals surface area contributed by atoms with Crippen molar-refractivity contribution in [3.8, 4) is 0 Å². The molecule has 0 aliphatic rings. The second-order valence-electron chi connectivity index (χ2n) is 5.06. The molecule has 0 aromatic carbocycles. The summed E-state index contributed by atoms with van der Waals surface area (Å²) in [5.74, 6) is -0.606. The number of nitrogens with zero attached hydrogens (tertiary/aromatic N) is 3. The number of esters is 2. The fourth-order valence-electron chi connectivity index (χ4n) is 2.06. The molecule has 10 nitrogen and oxygen atoms in total. The first-order valence-corrected chi connectivity index (χ1v) is 8.29. The Balaban J connectivity index is 0.000000202. The molecular formula is C18H18N4O6. The average molecular weight is 386 g/mol. The lowest BCUT2D eigenvalue weighted by Crippen LogP contribution is -2.05. The van der Waals surface area contributed by atoms with E-state index in [1.54, 1.807) is 44.4 Å².